The molecule has 0 saturated carbocycles. The van der Waals surface area contributed by atoms with Gasteiger partial charge in [0.05, 0.1) is 9.77 Å². The number of hydroxylamine groups is 1. The van der Waals surface area contributed by atoms with Crippen molar-refractivity contribution >= 4 is 44.0 Å². The van der Waals surface area contributed by atoms with Crippen molar-refractivity contribution in [2.45, 2.75) is 4.90 Å². The summed E-state index contributed by atoms with van der Waals surface area (Å²) in [6, 6.07) is 16.5. The molecule has 0 fully saturated rings. The molecule has 2 N–H and O–H groups in total. The molecule has 1 heterocycles. The standard InChI is InChI=1S/C16H14N2O3S2/c1-18(23(21)13-5-3-2-4-6-13)12-7-8-14-11(9-12)10-15(22-14)16(19)17-20/h2-10,20H,1H3,(H,17,19). The van der Waals surface area contributed by atoms with Crippen LogP contribution < -0.4 is 9.79 Å². The van der Waals surface area contributed by atoms with Gasteiger partial charge in [-0.1, -0.05) is 18.2 Å². The molecule has 0 aliphatic carbocycles. The van der Waals surface area contributed by atoms with Crippen LogP contribution in [0.5, 0.6) is 0 Å². The smallest absolute Gasteiger partial charge is 0.284 e. The van der Waals surface area contributed by atoms with E-state index in [0.29, 0.717) is 4.88 Å². The van der Waals surface area contributed by atoms with Crippen molar-refractivity contribution in [3.05, 3.63) is 59.5 Å². The number of nitrogens with one attached hydrogen (secondary N) is 1. The number of carbonyl (C=O) groups is 1. The van der Waals surface area contributed by atoms with Gasteiger partial charge in [-0.05, 0) is 41.8 Å². The van der Waals surface area contributed by atoms with Crippen LogP contribution >= 0.6 is 11.3 Å². The fourth-order valence-corrected chi connectivity index (χ4v) is 4.13. The van der Waals surface area contributed by atoms with Gasteiger partial charge in [-0.15, -0.1) is 11.3 Å². The van der Waals surface area contributed by atoms with Crippen molar-refractivity contribution < 1.29 is 14.2 Å². The van der Waals surface area contributed by atoms with Gasteiger partial charge < -0.3 is 0 Å². The highest BCUT2D eigenvalue weighted by molar-refractivity contribution is 7.86. The van der Waals surface area contributed by atoms with E-state index in [9.17, 15) is 9.00 Å². The Morgan fingerprint density at radius 1 is 1.17 bits per heavy atom. The Balaban J connectivity index is 1.93. The van der Waals surface area contributed by atoms with Crippen molar-refractivity contribution in [3.63, 3.8) is 0 Å². The molecule has 118 valence electrons. The Hall–Kier alpha value is -2.22. The predicted molar refractivity (Wildman–Crippen MR) is 92.3 cm³/mol. The second-order valence-electron chi connectivity index (χ2n) is 4.83. The molecule has 3 rings (SSSR count). The number of fused-ring (bicyclic) bond motifs is 1. The van der Waals surface area contributed by atoms with Gasteiger partial charge in [0.2, 0.25) is 0 Å². The first-order chi connectivity index (χ1) is 11.1. The lowest BCUT2D eigenvalue weighted by Crippen LogP contribution is -2.20. The van der Waals surface area contributed by atoms with Crippen molar-refractivity contribution in [1.82, 2.24) is 5.48 Å². The minimum atomic E-state index is -1.31. The van der Waals surface area contributed by atoms with Crippen LogP contribution in [0.1, 0.15) is 9.67 Å². The molecule has 1 amide bonds. The maximum atomic E-state index is 12.6. The summed E-state index contributed by atoms with van der Waals surface area (Å²) >= 11 is 1.29. The quantitative estimate of drug-likeness (QED) is 0.563. The van der Waals surface area contributed by atoms with Crippen LogP contribution in [0.4, 0.5) is 5.69 Å². The van der Waals surface area contributed by atoms with Gasteiger partial charge in [0, 0.05) is 17.4 Å². The number of thiophene rings is 1. The van der Waals surface area contributed by atoms with Crippen molar-refractivity contribution in [2.75, 3.05) is 11.4 Å². The molecule has 1 atom stereocenters. The second-order valence-corrected chi connectivity index (χ2v) is 7.43. The van der Waals surface area contributed by atoms with Gasteiger partial charge in [0.1, 0.15) is 0 Å². The van der Waals surface area contributed by atoms with Crippen LogP contribution in [0.25, 0.3) is 10.1 Å². The molecule has 0 aliphatic heterocycles. The van der Waals surface area contributed by atoms with E-state index in [1.54, 1.807) is 22.9 Å². The molecule has 0 spiro atoms. The molecular formula is C16H14N2O3S2. The van der Waals surface area contributed by atoms with Gasteiger partial charge >= 0.3 is 0 Å². The largest absolute Gasteiger partial charge is 0.291 e. The fraction of sp³-hybridized carbons (Fsp3) is 0.0625. The molecule has 0 radical (unpaired) electrons. The molecule has 0 saturated heterocycles. The van der Waals surface area contributed by atoms with Crippen molar-refractivity contribution in [1.29, 1.82) is 0 Å². The molecule has 1 unspecified atom stereocenters. The topological polar surface area (TPSA) is 69.6 Å². The monoisotopic (exact) mass is 346 g/mol. The highest BCUT2D eigenvalue weighted by atomic mass is 32.2. The molecule has 3 aromatic rings. The molecule has 0 bridgehead atoms. The van der Waals surface area contributed by atoms with E-state index in [1.165, 1.54) is 11.3 Å². The lowest BCUT2D eigenvalue weighted by Gasteiger charge is -2.18. The highest BCUT2D eigenvalue weighted by Gasteiger charge is 2.14. The summed E-state index contributed by atoms with van der Waals surface area (Å²) in [4.78, 5) is 12.6. The van der Waals surface area contributed by atoms with Gasteiger partial charge in [0.25, 0.3) is 5.91 Å². The number of anilines is 1. The maximum Gasteiger partial charge on any atom is 0.284 e. The summed E-state index contributed by atoms with van der Waals surface area (Å²) < 4.78 is 15.2. The Morgan fingerprint density at radius 2 is 1.91 bits per heavy atom. The van der Waals surface area contributed by atoms with E-state index < -0.39 is 16.9 Å². The lowest BCUT2D eigenvalue weighted by atomic mass is 10.2. The van der Waals surface area contributed by atoms with E-state index in [0.717, 1.165) is 20.7 Å². The SMILES string of the molecule is CN(c1ccc2sc(C(=O)NO)cc2c1)S(=O)c1ccccc1. The predicted octanol–water partition coefficient (Wildman–Crippen LogP) is 3.18. The summed E-state index contributed by atoms with van der Waals surface area (Å²) in [6.45, 7) is 0. The summed E-state index contributed by atoms with van der Waals surface area (Å²) in [7, 11) is 0.454. The Labute approximate surface area is 139 Å². The van der Waals surface area contributed by atoms with E-state index in [1.807, 2.05) is 48.5 Å². The molecule has 2 aromatic carbocycles. The number of carbonyl (C=O) groups excluding carboxylic acids is 1. The molecule has 23 heavy (non-hydrogen) atoms. The molecule has 1 aromatic heterocycles. The van der Waals surface area contributed by atoms with Gasteiger partial charge in [-0.2, -0.15) is 0 Å². The van der Waals surface area contributed by atoms with Crippen LogP contribution in [-0.2, 0) is 11.0 Å². The third-order valence-corrected chi connectivity index (χ3v) is 5.88. The first-order valence-corrected chi connectivity index (χ1v) is 8.71. The van der Waals surface area contributed by atoms with Gasteiger partial charge in [-0.3, -0.25) is 14.3 Å². The molecular weight excluding hydrogens is 332 g/mol. The van der Waals surface area contributed by atoms with E-state index in [2.05, 4.69) is 0 Å². The number of benzene rings is 2. The Kier molecular flexibility index (Phi) is 4.42. The number of hydrogen-bond acceptors (Lipinski definition) is 4. The molecule has 7 heteroatoms. The zero-order valence-electron chi connectivity index (χ0n) is 12.2. The number of hydrogen-bond donors (Lipinski definition) is 2. The number of nitrogens with zero attached hydrogens (tertiary/aromatic N) is 1. The highest BCUT2D eigenvalue weighted by Crippen LogP contribution is 2.30. The van der Waals surface area contributed by atoms with Crippen LogP contribution in [0.2, 0.25) is 0 Å². The van der Waals surface area contributed by atoms with Gasteiger partial charge in [0.15, 0.2) is 11.0 Å². The Bertz CT molecular complexity index is 877. The first-order valence-electron chi connectivity index (χ1n) is 6.79. The first kappa shape index (κ1) is 15.7. The summed E-state index contributed by atoms with van der Waals surface area (Å²) in [5, 5.41) is 9.58. The van der Waals surface area contributed by atoms with Crippen LogP contribution in [0.15, 0.2) is 59.5 Å². The Morgan fingerprint density at radius 3 is 2.61 bits per heavy atom. The van der Waals surface area contributed by atoms with Crippen LogP contribution in [-0.4, -0.2) is 22.4 Å². The normalized spacial score (nSPS) is 12.1. The average Bonchev–Trinajstić information content (AvgIpc) is 3.03. The number of rotatable bonds is 4. The average molecular weight is 346 g/mol. The minimum absolute atomic E-state index is 0.423. The van der Waals surface area contributed by atoms with Crippen LogP contribution in [0.3, 0.4) is 0 Å². The fourth-order valence-electron chi connectivity index (χ4n) is 2.18. The molecule has 5 nitrogen and oxygen atoms in total. The third kappa shape index (κ3) is 3.12. The summed E-state index contributed by atoms with van der Waals surface area (Å²) in [6.07, 6.45) is 0. The van der Waals surface area contributed by atoms with E-state index in [4.69, 9.17) is 5.21 Å². The minimum Gasteiger partial charge on any atom is -0.291 e. The zero-order chi connectivity index (χ0) is 16.4. The lowest BCUT2D eigenvalue weighted by molar-refractivity contribution is 0.0711. The van der Waals surface area contributed by atoms with E-state index >= 15 is 0 Å². The second kappa shape index (κ2) is 6.49. The summed E-state index contributed by atoms with van der Waals surface area (Å²) in [5.41, 5.74) is 2.42. The van der Waals surface area contributed by atoms with E-state index in [-0.39, 0.29) is 0 Å². The van der Waals surface area contributed by atoms with Crippen molar-refractivity contribution in [3.8, 4) is 0 Å². The van der Waals surface area contributed by atoms with Crippen LogP contribution in [0, 0.1) is 0 Å². The van der Waals surface area contributed by atoms with Crippen molar-refractivity contribution in [2.24, 2.45) is 0 Å². The number of amides is 1. The molecule has 0 aliphatic rings. The summed E-state index contributed by atoms with van der Waals surface area (Å²) in [5.74, 6) is -0.533. The zero-order valence-corrected chi connectivity index (χ0v) is 13.9. The van der Waals surface area contributed by atoms with Gasteiger partial charge in [-0.25, -0.2) is 9.69 Å². The maximum absolute atomic E-state index is 12.6. The third-order valence-electron chi connectivity index (χ3n) is 3.38.